The van der Waals surface area contributed by atoms with Gasteiger partial charge in [-0.25, -0.2) is 0 Å². The third-order valence-corrected chi connectivity index (χ3v) is 4.05. The molecule has 0 saturated carbocycles. The summed E-state index contributed by atoms with van der Waals surface area (Å²) < 4.78 is 0. The normalized spacial score (nSPS) is 20.9. The molecule has 1 aromatic carbocycles. The molecule has 1 amide bonds. The highest BCUT2D eigenvalue weighted by Gasteiger charge is 2.36. The van der Waals surface area contributed by atoms with E-state index in [1.165, 1.54) is 28.8 Å². The molecule has 2 aliphatic rings. The second-order valence-corrected chi connectivity index (χ2v) is 5.63. The summed E-state index contributed by atoms with van der Waals surface area (Å²) in [6.07, 6.45) is 1.67. The van der Waals surface area contributed by atoms with E-state index in [-0.39, 0.29) is 16.8 Å². The lowest BCUT2D eigenvalue weighted by atomic mass is 10.1. The number of thioether (sulfide) groups is 1. The predicted octanol–water partition coefficient (Wildman–Crippen LogP) is 1.73. The summed E-state index contributed by atoms with van der Waals surface area (Å²) in [7, 11) is 0. The number of nitrogens with zero attached hydrogens (tertiary/aromatic N) is 3. The highest BCUT2D eigenvalue weighted by atomic mass is 32.2. The van der Waals surface area contributed by atoms with Gasteiger partial charge in [-0.2, -0.15) is 0 Å². The van der Waals surface area contributed by atoms with E-state index in [2.05, 4.69) is 10.5 Å². The minimum Gasteiger partial charge on any atom is -0.274 e. The van der Waals surface area contributed by atoms with Gasteiger partial charge in [0.05, 0.1) is 15.9 Å². The number of carbonyl (C=O) groups excluding carboxylic acids is 1. The standard InChI is InChI=1S/C12H10N4O3S/c1-7-11(17)15-6-10(13-14-12(15)20-7)8-2-4-9(5-3-8)16(18)19/h2-7,13H,1H3. The molecule has 1 unspecified atom stereocenters. The molecule has 3 rings (SSSR count). The van der Waals surface area contributed by atoms with Crippen LogP contribution < -0.4 is 5.43 Å². The van der Waals surface area contributed by atoms with Crippen LogP contribution in [0.5, 0.6) is 0 Å². The maximum absolute atomic E-state index is 11.9. The smallest absolute Gasteiger partial charge is 0.269 e. The first kappa shape index (κ1) is 12.7. The van der Waals surface area contributed by atoms with Gasteiger partial charge in [0, 0.05) is 23.9 Å². The first-order valence-electron chi connectivity index (χ1n) is 5.86. The number of carbonyl (C=O) groups is 1. The largest absolute Gasteiger partial charge is 0.274 e. The monoisotopic (exact) mass is 290 g/mol. The zero-order valence-corrected chi connectivity index (χ0v) is 11.3. The number of hydrogen-bond acceptors (Lipinski definition) is 6. The molecule has 102 valence electrons. The van der Waals surface area contributed by atoms with E-state index >= 15 is 0 Å². The van der Waals surface area contributed by atoms with Gasteiger partial charge in [-0.05, 0) is 19.1 Å². The third kappa shape index (κ3) is 2.03. The van der Waals surface area contributed by atoms with Crippen molar-refractivity contribution < 1.29 is 9.72 Å². The van der Waals surface area contributed by atoms with Crippen molar-refractivity contribution >= 4 is 34.2 Å². The van der Waals surface area contributed by atoms with Gasteiger partial charge < -0.3 is 0 Å². The van der Waals surface area contributed by atoms with Gasteiger partial charge in [0.25, 0.3) is 5.69 Å². The van der Waals surface area contributed by atoms with Crippen molar-refractivity contribution in [3.05, 3.63) is 46.1 Å². The molecule has 1 N–H and O–H groups in total. The molecular weight excluding hydrogens is 280 g/mol. The summed E-state index contributed by atoms with van der Waals surface area (Å²) >= 11 is 1.39. The van der Waals surface area contributed by atoms with Crippen LogP contribution in [-0.2, 0) is 4.79 Å². The zero-order valence-electron chi connectivity index (χ0n) is 10.4. The fourth-order valence-electron chi connectivity index (χ4n) is 1.92. The van der Waals surface area contributed by atoms with E-state index in [4.69, 9.17) is 0 Å². The van der Waals surface area contributed by atoms with Crippen LogP contribution in [0.3, 0.4) is 0 Å². The molecule has 1 fully saturated rings. The van der Waals surface area contributed by atoms with E-state index in [1.54, 1.807) is 18.3 Å². The molecule has 0 spiro atoms. The second-order valence-electron chi connectivity index (χ2n) is 4.32. The number of fused-ring (bicyclic) bond motifs is 1. The van der Waals surface area contributed by atoms with E-state index in [0.717, 1.165) is 5.56 Å². The number of rotatable bonds is 2. The highest BCUT2D eigenvalue weighted by Crippen LogP contribution is 2.30. The number of hydrazone groups is 1. The zero-order chi connectivity index (χ0) is 14.3. The van der Waals surface area contributed by atoms with Gasteiger partial charge in [-0.15, -0.1) is 5.10 Å². The average Bonchev–Trinajstić information content (AvgIpc) is 2.74. The summed E-state index contributed by atoms with van der Waals surface area (Å²) in [6, 6.07) is 6.07. The van der Waals surface area contributed by atoms with E-state index in [0.29, 0.717) is 10.9 Å². The first-order chi connectivity index (χ1) is 9.56. The Bertz CT molecular complexity index is 653. The molecule has 20 heavy (non-hydrogen) atoms. The van der Waals surface area contributed by atoms with Gasteiger partial charge in [-0.3, -0.25) is 25.2 Å². The number of amides is 1. The molecule has 1 aromatic rings. The maximum Gasteiger partial charge on any atom is 0.269 e. The van der Waals surface area contributed by atoms with Gasteiger partial charge >= 0.3 is 0 Å². The Kier molecular flexibility index (Phi) is 2.94. The van der Waals surface area contributed by atoms with Gasteiger partial charge in [0.1, 0.15) is 0 Å². The van der Waals surface area contributed by atoms with Gasteiger partial charge in [0.2, 0.25) is 5.91 Å². The topological polar surface area (TPSA) is 87.8 Å². The van der Waals surface area contributed by atoms with Crippen molar-refractivity contribution in [2.75, 3.05) is 0 Å². The second kappa shape index (κ2) is 4.64. The molecule has 2 heterocycles. The van der Waals surface area contributed by atoms with Crippen molar-refractivity contribution in [3.63, 3.8) is 0 Å². The molecule has 8 heteroatoms. The molecule has 2 aliphatic heterocycles. The molecule has 0 bridgehead atoms. The fraction of sp³-hybridized carbons (Fsp3) is 0.167. The molecular formula is C12H10N4O3S. The van der Waals surface area contributed by atoms with Crippen LogP contribution in [-0.4, -0.2) is 26.1 Å². The van der Waals surface area contributed by atoms with E-state index < -0.39 is 4.92 Å². The van der Waals surface area contributed by atoms with Crippen molar-refractivity contribution in [2.45, 2.75) is 12.2 Å². The lowest BCUT2D eigenvalue weighted by molar-refractivity contribution is -0.384. The Morgan fingerprint density at radius 2 is 2.10 bits per heavy atom. The Morgan fingerprint density at radius 3 is 2.75 bits per heavy atom. The number of non-ortho nitro benzene ring substituents is 1. The van der Waals surface area contributed by atoms with Crippen LogP contribution in [0.1, 0.15) is 12.5 Å². The Labute approximate surface area is 118 Å². The minimum atomic E-state index is -0.453. The minimum absolute atomic E-state index is 0.0188. The summed E-state index contributed by atoms with van der Waals surface area (Å²) in [4.78, 5) is 23.6. The number of nitro benzene ring substituents is 1. The van der Waals surface area contributed by atoms with Crippen LogP contribution in [0.2, 0.25) is 0 Å². The number of benzene rings is 1. The quantitative estimate of drug-likeness (QED) is 0.662. The predicted molar refractivity (Wildman–Crippen MR) is 75.5 cm³/mol. The molecule has 0 aromatic heterocycles. The van der Waals surface area contributed by atoms with Crippen LogP contribution in [0.25, 0.3) is 5.70 Å². The van der Waals surface area contributed by atoms with E-state index in [9.17, 15) is 14.9 Å². The first-order valence-corrected chi connectivity index (χ1v) is 6.74. The van der Waals surface area contributed by atoms with Crippen LogP contribution in [0.15, 0.2) is 35.6 Å². The molecule has 1 saturated heterocycles. The number of hydrogen-bond donors (Lipinski definition) is 1. The van der Waals surface area contributed by atoms with Crippen molar-refractivity contribution in [2.24, 2.45) is 5.10 Å². The number of nitro groups is 1. The van der Waals surface area contributed by atoms with Crippen LogP contribution >= 0.6 is 11.8 Å². The Morgan fingerprint density at radius 1 is 1.40 bits per heavy atom. The van der Waals surface area contributed by atoms with Crippen molar-refractivity contribution in [1.29, 1.82) is 0 Å². The summed E-state index contributed by atoms with van der Waals surface area (Å²) in [5.74, 6) is -0.0188. The van der Waals surface area contributed by atoms with Crippen LogP contribution in [0, 0.1) is 10.1 Å². The lowest BCUT2D eigenvalue weighted by Gasteiger charge is -2.19. The number of nitrogens with one attached hydrogen (secondary N) is 1. The fourth-order valence-corrected chi connectivity index (χ4v) is 2.81. The van der Waals surface area contributed by atoms with E-state index in [1.807, 2.05) is 6.92 Å². The Balaban J connectivity index is 1.89. The molecule has 0 radical (unpaired) electrons. The van der Waals surface area contributed by atoms with Gasteiger partial charge in [0.15, 0.2) is 5.17 Å². The lowest BCUT2D eigenvalue weighted by Crippen LogP contribution is -2.31. The Hall–Kier alpha value is -2.35. The van der Waals surface area contributed by atoms with Crippen molar-refractivity contribution in [3.8, 4) is 0 Å². The van der Waals surface area contributed by atoms with Crippen molar-refractivity contribution in [1.82, 2.24) is 10.3 Å². The third-order valence-electron chi connectivity index (χ3n) is 2.99. The highest BCUT2D eigenvalue weighted by molar-refractivity contribution is 8.15. The van der Waals surface area contributed by atoms with Crippen LogP contribution in [0.4, 0.5) is 5.69 Å². The SMILES string of the molecule is CC1SC2=NNC(c3ccc([N+](=O)[O-])cc3)=CN2C1=O. The molecule has 0 aliphatic carbocycles. The summed E-state index contributed by atoms with van der Waals surface area (Å²) in [5, 5.41) is 15.2. The molecule has 1 atom stereocenters. The average molecular weight is 290 g/mol. The summed E-state index contributed by atoms with van der Waals surface area (Å²) in [6.45, 7) is 1.83. The van der Waals surface area contributed by atoms with Gasteiger partial charge in [-0.1, -0.05) is 11.8 Å². The number of amidine groups is 1. The maximum atomic E-state index is 11.9. The summed E-state index contributed by atoms with van der Waals surface area (Å²) in [5.41, 5.74) is 4.25. The molecule has 7 nitrogen and oxygen atoms in total.